The number of hydrogen-bond donors (Lipinski definition) is 1. The van der Waals surface area contributed by atoms with Gasteiger partial charge in [-0.25, -0.2) is 5.43 Å². The number of allylic oxidation sites excluding steroid dienone is 1. The highest BCUT2D eigenvalue weighted by Crippen LogP contribution is 2.35. The van der Waals surface area contributed by atoms with Crippen molar-refractivity contribution in [1.82, 2.24) is 5.43 Å². The van der Waals surface area contributed by atoms with Gasteiger partial charge in [0.15, 0.2) is 17.3 Å². The Labute approximate surface area is 248 Å². The first-order valence-corrected chi connectivity index (χ1v) is 14.3. The fraction of sp³-hybridized carbons (Fsp3) is 0.125. The molecular weight excluding hydrogens is 636 g/mol. The largest absolute Gasteiger partial charge is 0.490 e. The molecule has 202 valence electrons. The molecule has 0 spiro atoms. The first-order valence-electron chi connectivity index (χ1n) is 12.7. The molecule has 0 aliphatic heterocycles. The number of nitrogens with one attached hydrogen (secondary N) is 1. The summed E-state index contributed by atoms with van der Waals surface area (Å²) < 4.78 is 19.7. The molecule has 8 heteroatoms. The summed E-state index contributed by atoms with van der Waals surface area (Å²) in [5.41, 5.74) is 5.87. The summed E-state index contributed by atoms with van der Waals surface area (Å²) >= 11 is 6.90. The molecule has 1 amide bonds. The fourth-order valence-corrected chi connectivity index (χ4v) is 5.81. The minimum atomic E-state index is -0.457. The molecule has 4 aromatic carbocycles. The molecule has 5 rings (SSSR count). The molecule has 0 radical (unpaired) electrons. The summed E-state index contributed by atoms with van der Waals surface area (Å²) in [7, 11) is 0. The second-order valence-corrected chi connectivity index (χ2v) is 10.7. The van der Waals surface area contributed by atoms with E-state index in [0.717, 1.165) is 41.8 Å². The number of nitrogens with zero attached hydrogens (tertiary/aromatic N) is 1. The Morgan fingerprint density at radius 3 is 2.65 bits per heavy atom. The second kappa shape index (κ2) is 12.5. The van der Waals surface area contributed by atoms with Crippen molar-refractivity contribution in [2.24, 2.45) is 5.10 Å². The van der Waals surface area contributed by atoms with Crippen LogP contribution in [-0.2, 0) is 13.0 Å². The number of furan rings is 1. The van der Waals surface area contributed by atoms with E-state index in [4.69, 9.17) is 13.9 Å². The standard InChI is InChI=1S/C32H26Br2N2O4/c1-3-8-22-13-20(18-35-36-32(37)29-16-24-15-25(33)17-27(34)30(24)40-29)14-28(38-4-2)31(22)39-19-23-11-7-10-21-9-5-6-12-26(21)23/h3,5-7,9-18H,1,4,8,19H2,2H3,(H,36,37)/b35-18-. The van der Waals surface area contributed by atoms with Crippen molar-refractivity contribution in [1.29, 1.82) is 0 Å². The van der Waals surface area contributed by atoms with Gasteiger partial charge in [-0.1, -0.05) is 64.5 Å². The molecule has 0 saturated carbocycles. The minimum absolute atomic E-state index is 0.158. The number of fused-ring (bicyclic) bond motifs is 2. The molecule has 1 heterocycles. The summed E-state index contributed by atoms with van der Waals surface area (Å²) in [4.78, 5) is 12.7. The van der Waals surface area contributed by atoms with Crippen LogP contribution in [0.5, 0.6) is 11.5 Å². The third-order valence-electron chi connectivity index (χ3n) is 6.21. The van der Waals surface area contributed by atoms with Gasteiger partial charge in [0.1, 0.15) is 12.2 Å². The van der Waals surface area contributed by atoms with Gasteiger partial charge in [-0.3, -0.25) is 4.79 Å². The quantitative estimate of drug-likeness (QED) is 0.0924. The molecule has 0 aliphatic carbocycles. The summed E-state index contributed by atoms with van der Waals surface area (Å²) in [6.45, 7) is 6.68. The van der Waals surface area contributed by atoms with Gasteiger partial charge in [0.2, 0.25) is 0 Å². The second-order valence-electron chi connectivity index (χ2n) is 8.98. The van der Waals surface area contributed by atoms with Crippen LogP contribution in [0.15, 0.2) is 104 Å². The Bertz CT molecular complexity index is 1740. The molecular formula is C32H26Br2N2O4. The van der Waals surface area contributed by atoms with Crippen molar-refractivity contribution in [3.8, 4) is 11.5 Å². The van der Waals surface area contributed by atoms with Gasteiger partial charge in [0.05, 0.1) is 17.3 Å². The average molecular weight is 662 g/mol. The van der Waals surface area contributed by atoms with Crippen LogP contribution in [0.2, 0.25) is 0 Å². The molecule has 1 N–H and O–H groups in total. The van der Waals surface area contributed by atoms with E-state index in [2.05, 4.69) is 73.2 Å². The monoisotopic (exact) mass is 660 g/mol. The van der Waals surface area contributed by atoms with Crippen molar-refractivity contribution in [2.45, 2.75) is 20.0 Å². The van der Waals surface area contributed by atoms with Crippen molar-refractivity contribution in [3.63, 3.8) is 0 Å². The lowest BCUT2D eigenvalue weighted by Gasteiger charge is -2.17. The van der Waals surface area contributed by atoms with Gasteiger partial charge >= 0.3 is 5.91 Å². The fourth-order valence-electron chi connectivity index (χ4n) is 4.47. The molecule has 0 atom stereocenters. The van der Waals surface area contributed by atoms with E-state index >= 15 is 0 Å². The summed E-state index contributed by atoms with van der Waals surface area (Å²) in [5, 5.41) is 7.27. The SMILES string of the molecule is C=CCc1cc(/C=N\NC(=O)c2cc3cc(Br)cc(Br)c3o2)cc(OCC)c1OCc1cccc2ccccc12. The number of hydrazone groups is 1. The number of carbonyl (C=O) groups excluding carboxylic acids is 1. The van der Waals surface area contributed by atoms with E-state index in [1.165, 1.54) is 0 Å². The lowest BCUT2D eigenvalue weighted by Crippen LogP contribution is -2.16. The highest BCUT2D eigenvalue weighted by atomic mass is 79.9. The molecule has 5 aromatic rings. The molecule has 0 bridgehead atoms. The Morgan fingerprint density at radius 2 is 1.82 bits per heavy atom. The first-order chi connectivity index (χ1) is 19.5. The maximum atomic E-state index is 12.7. The number of ether oxygens (including phenoxy) is 2. The van der Waals surface area contributed by atoms with E-state index in [-0.39, 0.29) is 5.76 Å². The lowest BCUT2D eigenvalue weighted by molar-refractivity contribution is 0.0929. The van der Waals surface area contributed by atoms with E-state index in [1.807, 2.05) is 55.5 Å². The Hall–Kier alpha value is -3.88. The van der Waals surface area contributed by atoms with Crippen molar-refractivity contribution in [2.75, 3.05) is 6.61 Å². The Morgan fingerprint density at radius 1 is 1.00 bits per heavy atom. The third-order valence-corrected chi connectivity index (χ3v) is 7.26. The average Bonchev–Trinajstić information content (AvgIpc) is 3.38. The van der Waals surface area contributed by atoms with E-state index in [1.54, 1.807) is 12.3 Å². The smallest absolute Gasteiger partial charge is 0.307 e. The molecule has 0 saturated heterocycles. The van der Waals surface area contributed by atoms with Crippen molar-refractivity contribution < 1.29 is 18.7 Å². The van der Waals surface area contributed by atoms with Crippen molar-refractivity contribution in [3.05, 3.63) is 117 Å². The minimum Gasteiger partial charge on any atom is -0.490 e. The van der Waals surface area contributed by atoms with Crippen LogP contribution in [0.3, 0.4) is 0 Å². The zero-order valence-electron chi connectivity index (χ0n) is 21.7. The Balaban J connectivity index is 1.37. The maximum Gasteiger partial charge on any atom is 0.307 e. The van der Waals surface area contributed by atoms with Gasteiger partial charge in [0, 0.05) is 15.4 Å². The molecule has 6 nitrogen and oxygen atoms in total. The first kappa shape index (κ1) is 27.7. The highest BCUT2D eigenvalue weighted by Gasteiger charge is 2.16. The van der Waals surface area contributed by atoms with Crippen LogP contribution in [0, 0.1) is 0 Å². The van der Waals surface area contributed by atoms with E-state index in [0.29, 0.717) is 36.7 Å². The molecule has 0 fully saturated rings. The van der Waals surface area contributed by atoms with Crippen LogP contribution < -0.4 is 14.9 Å². The number of carbonyl (C=O) groups is 1. The number of halogens is 2. The zero-order valence-corrected chi connectivity index (χ0v) is 24.9. The van der Waals surface area contributed by atoms with E-state index in [9.17, 15) is 4.79 Å². The molecule has 0 aliphatic rings. The normalized spacial score (nSPS) is 11.3. The van der Waals surface area contributed by atoms with Crippen LogP contribution in [0.25, 0.3) is 21.7 Å². The summed E-state index contributed by atoms with van der Waals surface area (Å²) in [6.07, 6.45) is 3.95. The number of rotatable bonds is 10. The predicted molar refractivity (Wildman–Crippen MR) is 166 cm³/mol. The zero-order chi connectivity index (χ0) is 28.1. The molecule has 40 heavy (non-hydrogen) atoms. The van der Waals surface area contributed by atoms with Gasteiger partial charge < -0.3 is 13.9 Å². The van der Waals surface area contributed by atoms with E-state index < -0.39 is 5.91 Å². The maximum absolute atomic E-state index is 12.7. The van der Waals surface area contributed by atoms with Crippen LogP contribution in [-0.4, -0.2) is 18.7 Å². The van der Waals surface area contributed by atoms with Gasteiger partial charge in [0.25, 0.3) is 0 Å². The Kier molecular flexibility index (Phi) is 8.67. The van der Waals surface area contributed by atoms with Gasteiger partial charge in [-0.15, -0.1) is 6.58 Å². The molecule has 0 unspecified atom stereocenters. The van der Waals surface area contributed by atoms with Gasteiger partial charge in [-0.2, -0.15) is 5.10 Å². The number of amides is 1. The lowest BCUT2D eigenvalue weighted by atomic mass is 10.0. The predicted octanol–water partition coefficient (Wildman–Crippen LogP) is 8.58. The highest BCUT2D eigenvalue weighted by molar-refractivity contribution is 9.11. The third kappa shape index (κ3) is 6.13. The van der Waals surface area contributed by atoms with Crippen LogP contribution in [0.1, 0.15) is 34.2 Å². The summed E-state index contributed by atoms with van der Waals surface area (Å²) in [5.74, 6) is 0.963. The van der Waals surface area contributed by atoms with Crippen molar-refractivity contribution >= 4 is 65.7 Å². The summed E-state index contributed by atoms with van der Waals surface area (Å²) in [6, 6.07) is 23.6. The molecule has 1 aromatic heterocycles. The van der Waals surface area contributed by atoms with Gasteiger partial charge in [-0.05, 0) is 81.5 Å². The van der Waals surface area contributed by atoms with Crippen LogP contribution >= 0.6 is 31.9 Å². The van der Waals surface area contributed by atoms with Crippen LogP contribution in [0.4, 0.5) is 0 Å². The number of hydrogen-bond acceptors (Lipinski definition) is 5. The number of benzene rings is 4. The topological polar surface area (TPSA) is 73.1 Å².